The van der Waals surface area contributed by atoms with Crippen LogP contribution in [-0.2, 0) is 17.4 Å². The number of hydrogen-bond donors (Lipinski definition) is 2. The number of anilines is 1. The molecule has 0 spiro atoms. The molecule has 3 rings (SSSR count). The third kappa shape index (κ3) is 5.48. The van der Waals surface area contributed by atoms with Crippen molar-refractivity contribution in [3.8, 4) is 5.69 Å². The largest absolute Gasteiger partial charge is 0.435 e. The van der Waals surface area contributed by atoms with Gasteiger partial charge in [-0.3, -0.25) is 9.59 Å². The number of benzene rings is 2. The maximum atomic E-state index is 13.7. The summed E-state index contributed by atoms with van der Waals surface area (Å²) in [4.78, 5) is 24.3. The van der Waals surface area contributed by atoms with Gasteiger partial charge >= 0.3 is 6.18 Å². The Bertz CT molecular complexity index is 1110. The Hall–Kier alpha value is -3.76. The lowest BCUT2D eigenvalue weighted by Crippen LogP contribution is -2.31. The summed E-state index contributed by atoms with van der Waals surface area (Å²) in [7, 11) is 0. The van der Waals surface area contributed by atoms with E-state index in [0.29, 0.717) is 10.2 Å². The maximum Gasteiger partial charge on any atom is 0.435 e. The average Bonchev–Trinajstić information content (AvgIpc) is 3.15. The molecule has 3 aromatic rings. The zero-order chi connectivity index (χ0) is 23.5. The summed E-state index contributed by atoms with van der Waals surface area (Å²) in [6, 6.07) is 10.2. The zero-order valence-corrected chi connectivity index (χ0v) is 17.1. The van der Waals surface area contributed by atoms with Crippen LogP contribution in [0.2, 0.25) is 0 Å². The number of rotatable bonds is 6. The molecule has 0 fully saturated rings. The van der Waals surface area contributed by atoms with Crippen LogP contribution >= 0.6 is 0 Å². The number of halogens is 4. The van der Waals surface area contributed by atoms with Crippen molar-refractivity contribution in [3.05, 3.63) is 71.3 Å². The van der Waals surface area contributed by atoms with Crippen LogP contribution in [0.15, 0.2) is 48.5 Å². The molecule has 1 heterocycles. The minimum atomic E-state index is -4.95. The van der Waals surface area contributed by atoms with Gasteiger partial charge in [0.25, 0.3) is 5.91 Å². The first-order valence-electron chi connectivity index (χ1n) is 9.53. The Labute approximate surface area is 180 Å². The molecule has 2 aromatic carbocycles. The number of carbonyl (C=O) groups excluding carboxylic acids is 2. The zero-order valence-electron chi connectivity index (χ0n) is 17.1. The highest BCUT2D eigenvalue weighted by molar-refractivity contribution is 6.03. The Morgan fingerprint density at radius 3 is 2.22 bits per heavy atom. The van der Waals surface area contributed by atoms with Crippen LogP contribution in [0.4, 0.5) is 23.2 Å². The molecule has 0 aliphatic carbocycles. The van der Waals surface area contributed by atoms with Gasteiger partial charge in [-0.15, -0.1) is 5.10 Å². The van der Waals surface area contributed by atoms with Gasteiger partial charge in [0.1, 0.15) is 5.82 Å². The molecule has 2 amide bonds. The van der Waals surface area contributed by atoms with Crippen LogP contribution in [0.1, 0.15) is 35.6 Å². The second-order valence-electron chi connectivity index (χ2n) is 7.22. The summed E-state index contributed by atoms with van der Waals surface area (Å²) in [5.41, 5.74) is -1.54. The van der Waals surface area contributed by atoms with E-state index in [-0.39, 0.29) is 29.7 Å². The molecule has 0 aliphatic heterocycles. The Kier molecular flexibility index (Phi) is 6.56. The van der Waals surface area contributed by atoms with Gasteiger partial charge in [0.2, 0.25) is 5.91 Å². The lowest BCUT2D eigenvalue weighted by Gasteiger charge is -2.11. The van der Waals surface area contributed by atoms with Crippen LogP contribution in [-0.4, -0.2) is 32.9 Å². The van der Waals surface area contributed by atoms with Crippen molar-refractivity contribution < 1.29 is 27.2 Å². The maximum absolute atomic E-state index is 13.7. The van der Waals surface area contributed by atoms with E-state index in [1.807, 2.05) is 13.8 Å². The van der Waals surface area contributed by atoms with Crippen LogP contribution in [0.5, 0.6) is 0 Å². The highest BCUT2D eigenvalue weighted by Crippen LogP contribution is 2.33. The molecule has 32 heavy (non-hydrogen) atoms. The van der Waals surface area contributed by atoms with E-state index in [2.05, 4.69) is 20.9 Å². The van der Waals surface area contributed by atoms with Crippen LogP contribution in [0.25, 0.3) is 5.69 Å². The van der Waals surface area contributed by atoms with Gasteiger partial charge in [-0.2, -0.15) is 13.2 Å². The van der Waals surface area contributed by atoms with Gasteiger partial charge < -0.3 is 10.6 Å². The quantitative estimate of drug-likeness (QED) is 0.561. The van der Waals surface area contributed by atoms with Crippen molar-refractivity contribution in [1.29, 1.82) is 0 Å². The summed E-state index contributed by atoms with van der Waals surface area (Å²) < 4.78 is 54.6. The van der Waals surface area contributed by atoms with Crippen molar-refractivity contribution in [3.63, 3.8) is 0 Å². The first kappa shape index (κ1) is 22.9. The Balaban J connectivity index is 1.81. The third-order valence-corrected chi connectivity index (χ3v) is 4.25. The van der Waals surface area contributed by atoms with E-state index < -0.39 is 29.3 Å². The number of carbonyl (C=O) groups is 2. The van der Waals surface area contributed by atoms with Gasteiger partial charge in [-0.05, 0) is 55.8 Å². The van der Waals surface area contributed by atoms with Crippen LogP contribution in [0, 0.1) is 5.82 Å². The summed E-state index contributed by atoms with van der Waals surface area (Å²) in [5, 5.41) is 11.9. The normalized spacial score (nSPS) is 11.5. The summed E-state index contributed by atoms with van der Waals surface area (Å²) in [6.45, 7) is 3.66. The third-order valence-electron chi connectivity index (χ3n) is 4.25. The first-order chi connectivity index (χ1) is 15.0. The molecule has 0 radical (unpaired) electrons. The standard InChI is InChI=1S/C21H19F4N5O2/c1-12(2)26-17(31)11-13-3-7-15(8-4-13)27-20(32)18-19(21(23,24)25)30(29-28-18)16-9-5-14(22)6-10-16/h3-10,12H,11H2,1-2H3,(H,26,31)(H,27,32). The summed E-state index contributed by atoms with van der Waals surface area (Å²) in [6.07, 6.45) is -4.82. The lowest BCUT2D eigenvalue weighted by molar-refractivity contribution is -0.143. The highest BCUT2D eigenvalue weighted by atomic mass is 19.4. The van der Waals surface area contributed by atoms with E-state index in [1.165, 1.54) is 12.1 Å². The molecule has 0 saturated carbocycles. The molecule has 0 atom stereocenters. The summed E-state index contributed by atoms with van der Waals surface area (Å²) >= 11 is 0. The monoisotopic (exact) mass is 449 g/mol. The average molecular weight is 449 g/mol. The van der Waals surface area contributed by atoms with E-state index in [1.54, 1.807) is 12.1 Å². The summed E-state index contributed by atoms with van der Waals surface area (Å²) in [5.74, 6) is -1.93. The number of hydrogen-bond acceptors (Lipinski definition) is 4. The molecule has 0 saturated heterocycles. The van der Waals surface area contributed by atoms with Crippen LogP contribution < -0.4 is 10.6 Å². The van der Waals surface area contributed by atoms with Crippen molar-refractivity contribution in [2.24, 2.45) is 0 Å². The SMILES string of the molecule is CC(C)NC(=O)Cc1ccc(NC(=O)c2nnn(-c3ccc(F)cc3)c2C(F)(F)F)cc1. The van der Waals surface area contributed by atoms with Gasteiger partial charge in [-0.1, -0.05) is 17.3 Å². The molecular formula is C21H19F4N5O2. The van der Waals surface area contributed by atoms with Gasteiger partial charge in [0.05, 0.1) is 12.1 Å². The van der Waals surface area contributed by atoms with E-state index in [0.717, 1.165) is 24.3 Å². The Morgan fingerprint density at radius 1 is 1.03 bits per heavy atom. The van der Waals surface area contributed by atoms with Crippen molar-refractivity contribution in [2.45, 2.75) is 32.5 Å². The van der Waals surface area contributed by atoms with Gasteiger partial charge in [0.15, 0.2) is 11.4 Å². The smallest absolute Gasteiger partial charge is 0.354 e. The fraction of sp³-hybridized carbons (Fsp3) is 0.238. The molecule has 0 bridgehead atoms. The van der Waals surface area contributed by atoms with Crippen molar-refractivity contribution in [2.75, 3.05) is 5.32 Å². The fourth-order valence-corrected chi connectivity index (χ4v) is 2.91. The predicted octanol–water partition coefficient (Wildman–Crippen LogP) is 3.74. The molecule has 11 heteroatoms. The first-order valence-corrected chi connectivity index (χ1v) is 9.53. The molecule has 7 nitrogen and oxygen atoms in total. The molecule has 1 aromatic heterocycles. The minimum absolute atomic E-state index is 0.00721. The van der Waals surface area contributed by atoms with Gasteiger partial charge in [-0.25, -0.2) is 9.07 Å². The number of nitrogens with zero attached hydrogens (tertiary/aromatic N) is 3. The number of alkyl halides is 3. The van der Waals surface area contributed by atoms with E-state index in [9.17, 15) is 27.2 Å². The number of nitrogens with one attached hydrogen (secondary N) is 2. The predicted molar refractivity (Wildman–Crippen MR) is 108 cm³/mol. The second kappa shape index (κ2) is 9.16. The van der Waals surface area contributed by atoms with Gasteiger partial charge in [0, 0.05) is 11.7 Å². The Morgan fingerprint density at radius 2 is 1.66 bits per heavy atom. The number of amides is 2. The van der Waals surface area contributed by atoms with Crippen molar-refractivity contribution in [1.82, 2.24) is 20.3 Å². The highest BCUT2D eigenvalue weighted by Gasteiger charge is 2.42. The van der Waals surface area contributed by atoms with Crippen LogP contribution in [0.3, 0.4) is 0 Å². The molecule has 168 valence electrons. The molecule has 2 N–H and O–H groups in total. The molecular weight excluding hydrogens is 430 g/mol. The van der Waals surface area contributed by atoms with E-state index in [4.69, 9.17) is 0 Å². The fourth-order valence-electron chi connectivity index (χ4n) is 2.91. The molecule has 0 aliphatic rings. The lowest BCUT2D eigenvalue weighted by atomic mass is 10.1. The van der Waals surface area contributed by atoms with Crippen molar-refractivity contribution >= 4 is 17.5 Å². The topological polar surface area (TPSA) is 88.9 Å². The minimum Gasteiger partial charge on any atom is -0.354 e. The molecule has 0 unspecified atom stereocenters. The second-order valence-corrected chi connectivity index (χ2v) is 7.22. The van der Waals surface area contributed by atoms with E-state index >= 15 is 0 Å². The number of aromatic nitrogens is 3.